The van der Waals surface area contributed by atoms with Crippen LogP contribution in [0.1, 0.15) is 19.8 Å². The zero-order valence-electron chi connectivity index (χ0n) is 8.82. The first-order valence-electron chi connectivity index (χ1n) is 4.72. The molecule has 1 unspecified atom stereocenters. The summed E-state index contributed by atoms with van der Waals surface area (Å²) in [6.07, 6.45) is 2.20. The van der Waals surface area contributed by atoms with Crippen molar-refractivity contribution in [2.75, 3.05) is 33.9 Å². The second-order valence-corrected chi connectivity index (χ2v) is 3.63. The van der Waals surface area contributed by atoms with E-state index < -0.39 is 0 Å². The first-order valence-corrected chi connectivity index (χ1v) is 5.24. The Morgan fingerprint density at radius 3 is 2.38 bits per heavy atom. The molecule has 0 radical (unpaired) electrons. The Hall–Kier alpha value is 0.230. The highest BCUT2D eigenvalue weighted by Gasteiger charge is 2.01. The second kappa shape index (κ2) is 8.81. The van der Waals surface area contributed by atoms with Gasteiger partial charge in [-0.25, -0.2) is 0 Å². The summed E-state index contributed by atoms with van der Waals surface area (Å²) in [5, 5.41) is 0. The topological polar surface area (TPSA) is 21.7 Å². The fourth-order valence-electron chi connectivity index (χ4n) is 0.713. The molecule has 3 nitrogen and oxygen atoms in total. The van der Waals surface area contributed by atoms with Crippen LogP contribution in [0.4, 0.5) is 0 Å². The lowest BCUT2D eigenvalue weighted by Gasteiger charge is -2.15. The smallest absolute Gasteiger partial charge is 0.204 e. The Bertz CT molecular complexity index is 112. The Labute approximate surface area is 86.8 Å². The van der Waals surface area contributed by atoms with E-state index in [0.29, 0.717) is 6.61 Å². The van der Waals surface area contributed by atoms with Crippen molar-refractivity contribution >= 4 is 12.6 Å². The molecule has 0 saturated carbocycles. The van der Waals surface area contributed by atoms with Crippen LogP contribution < -0.4 is 0 Å². The summed E-state index contributed by atoms with van der Waals surface area (Å²) in [6.45, 7) is 4.41. The lowest BCUT2D eigenvalue weighted by atomic mass is 10.4. The molecule has 0 fully saturated rings. The standard InChI is InChI=1S/C9H21NO2S/c1-4-5-7-11-9(13)12-8-6-10(2)3/h9,13H,4-8H2,1-3H3. The SMILES string of the molecule is CCCCOC(S)OCCN(C)C. The van der Waals surface area contributed by atoms with Crippen LogP contribution in [0.15, 0.2) is 0 Å². The molecule has 0 spiro atoms. The van der Waals surface area contributed by atoms with E-state index in [2.05, 4.69) is 24.5 Å². The molecule has 0 rings (SSSR count). The molecule has 0 aliphatic heterocycles. The number of thiol groups is 1. The van der Waals surface area contributed by atoms with Gasteiger partial charge in [0.15, 0.2) is 0 Å². The number of ether oxygens (including phenoxy) is 2. The van der Waals surface area contributed by atoms with Crippen LogP contribution in [-0.2, 0) is 9.47 Å². The van der Waals surface area contributed by atoms with Gasteiger partial charge in [0.2, 0.25) is 5.62 Å². The largest absolute Gasteiger partial charge is 0.344 e. The minimum Gasteiger partial charge on any atom is -0.344 e. The van der Waals surface area contributed by atoms with E-state index in [9.17, 15) is 0 Å². The molecular weight excluding hydrogens is 186 g/mol. The summed E-state index contributed by atoms with van der Waals surface area (Å²) in [5.41, 5.74) is -0.369. The zero-order valence-corrected chi connectivity index (χ0v) is 9.72. The summed E-state index contributed by atoms with van der Waals surface area (Å²) in [7, 11) is 4.02. The molecule has 0 aromatic carbocycles. The Balaban J connectivity index is 3.15. The van der Waals surface area contributed by atoms with E-state index in [1.54, 1.807) is 0 Å². The highest BCUT2D eigenvalue weighted by molar-refractivity contribution is 7.80. The highest BCUT2D eigenvalue weighted by atomic mass is 32.1. The van der Waals surface area contributed by atoms with Gasteiger partial charge in [-0.05, 0) is 20.5 Å². The van der Waals surface area contributed by atoms with Crippen LogP contribution >= 0.6 is 12.6 Å². The van der Waals surface area contributed by atoms with Crippen molar-refractivity contribution in [2.45, 2.75) is 25.4 Å². The number of likely N-dealkylation sites (N-methyl/N-ethyl adjacent to an activating group) is 1. The van der Waals surface area contributed by atoms with E-state index in [1.165, 1.54) is 0 Å². The van der Waals surface area contributed by atoms with Crippen LogP contribution in [-0.4, -0.2) is 44.4 Å². The van der Waals surface area contributed by atoms with Gasteiger partial charge in [0, 0.05) is 6.54 Å². The number of hydrogen-bond donors (Lipinski definition) is 1. The van der Waals surface area contributed by atoms with Crippen LogP contribution in [0, 0.1) is 0 Å². The minimum absolute atomic E-state index is 0.369. The third kappa shape index (κ3) is 10.1. The Morgan fingerprint density at radius 2 is 1.85 bits per heavy atom. The molecule has 0 N–H and O–H groups in total. The molecule has 0 saturated heterocycles. The van der Waals surface area contributed by atoms with Crippen LogP contribution in [0.5, 0.6) is 0 Å². The molecule has 0 amide bonds. The zero-order chi connectivity index (χ0) is 10.1. The van der Waals surface area contributed by atoms with E-state index >= 15 is 0 Å². The lowest BCUT2D eigenvalue weighted by Crippen LogP contribution is -2.21. The van der Waals surface area contributed by atoms with Crippen LogP contribution in [0.25, 0.3) is 0 Å². The molecule has 0 bridgehead atoms. The van der Waals surface area contributed by atoms with E-state index in [-0.39, 0.29) is 5.62 Å². The fraction of sp³-hybridized carbons (Fsp3) is 1.00. The van der Waals surface area contributed by atoms with Crippen molar-refractivity contribution in [3.8, 4) is 0 Å². The third-order valence-electron chi connectivity index (χ3n) is 1.56. The maximum absolute atomic E-state index is 5.30. The molecule has 13 heavy (non-hydrogen) atoms. The molecule has 0 heterocycles. The first-order chi connectivity index (χ1) is 6.16. The van der Waals surface area contributed by atoms with Crippen molar-refractivity contribution in [3.05, 3.63) is 0 Å². The van der Waals surface area contributed by atoms with Gasteiger partial charge >= 0.3 is 0 Å². The lowest BCUT2D eigenvalue weighted by molar-refractivity contribution is -0.0835. The maximum atomic E-state index is 5.30. The van der Waals surface area contributed by atoms with Crippen molar-refractivity contribution in [2.24, 2.45) is 0 Å². The van der Waals surface area contributed by atoms with Gasteiger partial charge in [-0.3, -0.25) is 0 Å². The van der Waals surface area contributed by atoms with Crippen LogP contribution in [0.2, 0.25) is 0 Å². The summed E-state index contributed by atoms with van der Waals surface area (Å²) in [5.74, 6) is 0. The molecule has 0 aliphatic rings. The predicted octanol–water partition coefficient (Wildman–Crippen LogP) is 1.59. The number of rotatable bonds is 8. The fourth-order valence-corrected chi connectivity index (χ4v) is 0.924. The van der Waals surface area contributed by atoms with Crippen molar-refractivity contribution < 1.29 is 9.47 Å². The number of unbranched alkanes of at least 4 members (excludes halogenated alkanes) is 1. The van der Waals surface area contributed by atoms with Gasteiger partial charge < -0.3 is 14.4 Å². The van der Waals surface area contributed by atoms with E-state index in [0.717, 1.165) is 26.0 Å². The van der Waals surface area contributed by atoms with Gasteiger partial charge in [-0.1, -0.05) is 13.3 Å². The van der Waals surface area contributed by atoms with Gasteiger partial charge in [0.05, 0.1) is 13.2 Å². The first kappa shape index (κ1) is 13.2. The van der Waals surface area contributed by atoms with E-state index in [4.69, 9.17) is 9.47 Å². The molecule has 4 heteroatoms. The average molecular weight is 207 g/mol. The van der Waals surface area contributed by atoms with Gasteiger partial charge in [-0.2, -0.15) is 0 Å². The molecule has 1 atom stereocenters. The van der Waals surface area contributed by atoms with Crippen LogP contribution in [0.3, 0.4) is 0 Å². The monoisotopic (exact) mass is 207 g/mol. The summed E-state index contributed by atoms with van der Waals surface area (Å²) in [4.78, 5) is 2.06. The number of nitrogens with zero attached hydrogens (tertiary/aromatic N) is 1. The van der Waals surface area contributed by atoms with Gasteiger partial charge in [0.25, 0.3) is 0 Å². The Morgan fingerprint density at radius 1 is 1.23 bits per heavy atom. The summed E-state index contributed by atoms with van der Waals surface area (Å²) < 4.78 is 10.6. The van der Waals surface area contributed by atoms with Crippen molar-refractivity contribution in [3.63, 3.8) is 0 Å². The average Bonchev–Trinajstić information content (AvgIpc) is 2.04. The minimum atomic E-state index is -0.369. The Kier molecular flexibility index (Phi) is 8.97. The quantitative estimate of drug-likeness (QED) is 0.371. The number of hydrogen-bond acceptors (Lipinski definition) is 4. The molecule has 80 valence electrons. The highest BCUT2D eigenvalue weighted by Crippen LogP contribution is 2.01. The molecule has 0 aromatic heterocycles. The maximum Gasteiger partial charge on any atom is 0.204 e. The van der Waals surface area contributed by atoms with E-state index in [1.807, 2.05) is 14.1 Å². The van der Waals surface area contributed by atoms with Gasteiger partial charge in [-0.15, -0.1) is 12.6 Å². The molecule has 0 aromatic rings. The second-order valence-electron chi connectivity index (χ2n) is 3.21. The summed E-state index contributed by atoms with van der Waals surface area (Å²) >= 11 is 4.14. The summed E-state index contributed by atoms with van der Waals surface area (Å²) in [6, 6.07) is 0. The van der Waals surface area contributed by atoms with Crippen molar-refractivity contribution in [1.29, 1.82) is 0 Å². The van der Waals surface area contributed by atoms with Gasteiger partial charge in [0.1, 0.15) is 0 Å². The third-order valence-corrected chi connectivity index (χ3v) is 1.86. The normalized spacial score (nSPS) is 13.6. The molecular formula is C9H21NO2S. The predicted molar refractivity (Wildman–Crippen MR) is 58.1 cm³/mol. The van der Waals surface area contributed by atoms with Crippen molar-refractivity contribution in [1.82, 2.24) is 4.90 Å². The molecule has 0 aliphatic carbocycles.